The van der Waals surface area contributed by atoms with E-state index in [1.54, 1.807) is 29.2 Å². The number of hydrogen-bond donors (Lipinski definition) is 1. The van der Waals surface area contributed by atoms with E-state index < -0.39 is 10.0 Å². The monoisotopic (exact) mass is 436 g/mol. The summed E-state index contributed by atoms with van der Waals surface area (Å²) in [6.07, 6.45) is 3.11. The number of imidazole rings is 1. The highest BCUT2D eigenvalue weighted by molar-refractivity contribution is 7.89. The molecule has 1 aromatic heterocycles. The molecule has 0 radical (unpaired) electrons. The summed E-state index contributed by atoms with van der Waals surface area (Å²) < 4.78 is 35.3. The molecular weight excluding hydrogens is 408 g/mol. The first-order chi connectivity index (χ1) is 14.3. The fourth-order valence-corrected chi connectivity index (χ4v) is 6.15. The molecule has 0 amide bonds. The number of benzene rings is 1. The number of aromatic nitrogens is 2. The van der Waals surface area contributed by atoms with Crippen LogP contribution in [0.2, 0.25) is 0 Å². The molecular formula is C20H28N4O5S. The third-order valence-electron chi connectivity index (χ3n) is 5.86. The minimum Gasteiger partial charge on any atom is -0.497 e. The minimum absolute atomic E-state index is 0.121. The molecule has 30 heavy (non-hydrogen) atoms. The number of carbonyl (C=O) groups is 1. The molecule has 0 spiro atoms. The molecule has 3 heterocycles. The van der Waals surface area contributed by atoms with E-state index in [9.17, 15) is 8.42 Å². The van der Waals surface area contributed by atoms with Gasteiger partial charge in [-0.05, 0) is 36.1 Å². The van der Waals surface area contributed by atoms with E-state index in [-0.39, 0.29) is 23.5 Å². The smallest absolute Gasteiger partial charge is 0.290 e. The summed E-state index contributed by atoms with van der Waals surface area (Å²) >= 11 is 0. The van der Waals surface area contributed by atoms with Crippen molar-refractivity contribution in [2.24, 2.45) is 18.9 Å². The third kappa shape index (κ3) is 4.21. The average Bonchev–Trinajstić information content (AvgIpc) is 3.42. The van der Waals surface area contributed by atoms with Gasteiger partial charge in [0.2, 0.25) is 0 Å². The Hall–Kier alpha value is -2.43. The molecule has 2 aromatic rings. The Kier molecular flexibility index (Phi) is 6.79. The highest BCUT2D eigenvalue weighted by atomic mass is 32.2. The molecule has 9 nitrogen and oxygen atoms in total. The van der Waals surface area contributed by atoms with Gasteiger partial charge < -0.3 is 19.3 Å². The van der Waals surface area contributed by atoms with Crippen molar-refractivity contribution in [3.63, 3.8) is 0 Å². The topological polar surface area (TPSA) is 105 Å². The quantitative estimate of drug-likeness (QED) is 0.707. The molecule has 0 unspecified atom stereocenters. The van der Waals surface area contributed by atoms with Crippen LogP contribution in [0.25, 0.3) is 0 Å². The average molecular weight is 437 g/mol. The number of methoxy groups -OCH3 is 1. The Balaban J connectivity index is 0.000000806. The van der Waals surface area contributed by atoms with Crippen molar-refractivity contribution in [2.75, 3.05) is 33.3 Å². The van der Waals surface area contributed by atoms with Crippen LogP contribution < -0.4 is 4.74 Å². The fourth-order valence-electron chi connectivity index (χ4n) is 4.46. The van der Waals surface area contributed by atoms with E-state index in [0.717, 1.165) is 30.9 Å². The van der Waals surface area contributed by atoms with Crippen LogP contribution in [-0.2, 0) is 21.9 Å². The predicted octanol–water partition coefficient (Wildman–Crippen LogP) is 1.44. The summed E-state index contributed by atoms with van der Waals surface area (Å²) in [5.74, 6) is 1.40. The highest BCUT2D eigenvalue weighted by Gasteiger charge is 2.51. The summed E-state index contributed by atoms with van der Waals surface area (Å²) in [5.41, 5.74) is 1.01. The largest absolute Gasteiger partial charge is 0.497 e. The number of rotatable bonds is 5. The van der Waals surface area contributed by atoms with E-state index in [1.807, 2.05) is 24.3 Å². The number of hydrogen-bond acceptors (Lipinski definition) is 6. The van der Waals surface area contributed by atoms with Gasteiger partial charge in [-0.3, -0.25) is 4.79 Å². The zero-order valence-corrected chi connectivity index (χ0v) is 18.2. The molecule has 10 heteroatoms. The third-order valence-corrected chi connectivity index (χ3v) is 7.59. The van der Waals surface area contributed by atoms with Gasteiger partial charge in [0.05, 0.1) is 19.5 Å². The van der Waals surface area contributed by atoms with Crippen LogP contribution in [0.15, 0.2) is 41.8 Å². The second-order valence-corrected chi connectivity index (χ2v) is 9.39. The SMILES string of the molecule is CCN1C[C@H]2CN(S(=O)(=O)c3cn(C)cn3)[C@@H](c3ccc(OC)cc3)[C@H]2C1.O=CO. The van der Waals surface area contributed by atoms with Crippen LogP contribution in [0, 0.1) is 11.8 Å². The molecule has 2 saturated heterocycles. The molecule has 0 saturated carbocycles. The first kappa shape index (κ1) is 22.3. The summed E-state index contributed by atoms with van der Waals surface area (Å²) in [5, 5.41) is 7.01. The van der Waals surface area contributed by atoms with Crippen LogP contribution in [0.5, 0.6) is 5.75 Å². The first-order valence-electron chi connectivity index (χ1n) is 9.79. The summed E-state index contributed by atoms with van der Waals surface area (Å²) in [6, 6.07) is 7.61. The molecule has 4 rings (SSSR count). The second-order valence-electron chi connectivity index (χ2n) is 7.55. The number of carboxylic acid groups (broad SMARTS) is 1. The standard InChI is InChI=1S/C19H26N4O3S.CH2O2/c1-4-22-9-15-10-23(27(24,25)18-12-21(2)13-20-18)19(17(15)11-22)14-5-7-16(26-3)8-6-14;2-1-3/h5-8,12-13,15,17,19H,4,9-11H2,1-3H3;1H,(H,2,3)/t15-,17-,19-;/m0./s1. The van der Waals surface area contributed by atoms with Gasteiger partial charge in [0.1, 0.15) is 5.75 Å². The van der Waals surface area contributed by atoms with Gasteiger partial charge in [0.15, 0.2) is 5.03 Å². The Morgan fingerprint density at radius 1 is 1.23 bits per heavy atom. The maximum absolute atomic E-state index is 13.3. The van der Waals surface area contributed by atoms with Gasteiger partial charge in [-0.2, -0.15) is 4.31 Å². The van der Waals surface area contributed by atoms with Crippen LogP contribution in [0.3, 0.4) is 0 Å². The number of nitrogens with zero attached hydrogens (tertiary/aromatic N) is 4. The lowest BCUT2D eigenvalue weighted by Gasteiger charge is -2.28. The number of aryl methyl sites for hydroxylation is 1. The predicted molar refractivity (Wildman–Crippen MR) is 111 cm³/mol. The Labute approximate surface area is 176 Å². The molecule has 2 aliphatic heterocycles. The molecule has 0 bridgehead atoms. The Bertz CT molecular complexity index is 960. The van der Waals surface area contributed by atoms with Crippen molar-refractivity contribution < 1.29 is 23.1 Å². The maximum atomic E-state index is 13.3. The lowest BCUT2D eigenvalue weighted by atomic mass is 9.90. The lowest BCUT2D eigenvalue weighted by molar-refractivity contribution is -0.122. The van der Waals surface area contributed by atoms with E-state index in [2.05, 4.69) is 16.8 Å². The van der Waals surface area contributed by atoms with Crippen LogP contribution >= 0.6 is 0 Å². The summed E-state index contributed by atoms with van der Waals surface area (Å²) in [6.45, 7) is 5.31. The summed E-state index contributed by atoms with van der Waals surface area (Å²) in [4.78, 5) is 14.9. The number of fused-ring (bicyclic) bond motifs is 1. The molecule has 0 aliphatic carbocycles. The van der Waals surface area contributed by atoms with E-state index in [4.69, 9.17) is 14.6 Å². The first-order valence-corrected chi connectivity index (χ1v) is 11.2. The zero-order valence-electron chi connectivity index (χ0n) is 17.4. The second kappa shape index (κ2) is 9.15. The number of sulfonamides is 1. The molecule has 1 N–H and O–H groups in total. The lowest BCUT2D eigenvalue weighted by Crippen LogP contribution is -2.35. The Morgan fingerprint density at radius 3 is 2.43 bits per heavy atom. The van der Waals surface area contributed by atoms with Crippen molar-refractivity contribution in [1.82, 2.24) is 18.8 Å². The van der Waals surface area contributed by atoms with Gasteiger partial charge in [0, 0.05) is 32.9 Å². The van der Waals surface area contributed by atoms with Crippen molar-refractivity contribution in [3.05, 3.63) is 42.4 Å². The van der Waals surface area contributed by atoms with Gasteiger partial charge in [-0.25, -0.2) is 13.4 Å². The molecule has 3 atom stereocenters. The molecule has 2 fully saturated rings. The number of likely N-dealkylation sites (tertiary alicyclic amines) is 1. The molecule has 2 aliphatic rings. The van der Waals surface area contributed by atoms with E-state index in [1.165, 1.54) is 6.33 Å². The Morgan fingerprint density at radius 2 is 1.90 bits per heavy atom. The van der Waals surface area contributed by atoms with E-state index >= 15 is 0 Å². The molecule has 164 valence electrons. The normalized spacial score (nSPS) is 24.2. The van der Waals surface area contributed by atoms with Gasteiger partial charge in [0.25, 0.3) is 16.5 Å². The number of ether oxygens (including phenoxy) is 1. The zero-order chi connectivity index (χ0) is 21.9. The van der Waals surface area contributed by atoms with Crippen LogP contribution in [0.1, 0.15) is 18.5 Å². The van der Waals surface area contributed by atoms with Crippen LogP contribution in [0.4, 0.5) is 0 Å². The summed E-state index contributed by atoms with van der Waals surface area (Å²) in [7, 11) is -0.229. The van der Waals surface area contributed by atoms with Crippen molar-refractivity contribution >= 4 is 16.5 Å². The maximum Gasteiger partial charge on any atom is 0.290 e. The minimum atomic E-state index is -3.65. The van der Waals surface area contributed by atoms with Gasteiger partial charge >= 0.3 is 0 Å². The van der Waals surface area contributed by atoms with Crippen LogP contribution in [-0.4, -0.2) is 72.0 Å². The van der Waals surface area contributed by atoms with Crippen molar-refractivity contribution in [1.29, 1.82) is 0 Å². The van der Waals surface area contributed by atoms with Crippen molar-refractivity contribution in [3.8, 4) is 5.75 Å². The van der Waals surface area contributed by atoms with Gasteiger partial charge in [-0.15, -0.1) is 0 Å². The molecule has 1 aromatic carbocycles. The van der Waals surface area contributed by atoms with E-state index in [0.29, 0.717) is 12.5 Å². The highest BCUT2D eigenvalue weighted by Crippen LogP contribution is 2.47. The van der Waals surface area contributed by atoms with Crippen molar-refractivity contribution in [2.45, 2.75) is 18.0 Å². The fraction of sp³-hybridized carbons (Fsp3) is 0.500. The van der Waals surface area contributed by atoms with Gasteiger partial charge in [-0.1, -0.05) is 19.1 Å².